The van der Waals surface area contributed by atoms with E-state index in [1.54, 1.807) is 0 Å². The zero-order chi connectivity index (χ0) is 17.7. The fraction of sp³-hybridized carbons (Fsp3) is 0.500. The van der Waals surface area contributed by atoms with Crippen LogP contribution in [0.5, 0.6) is 0 Å². The summed E-state index contributed by atoms with van der Waals surface area (Å²) in [5.41, 5.74) is 2.24. The number of carbonyl (C=O) groups excluding carboxylic acids is 1. The number of carbonyl (C=O) groups is 1. The van der Waals surface area contributed by atoms with Gasteiger partial charge in [0.05, 0.1) is 5.75 Å². The Kier molecular flexibility index (Phi) is 6.04. The summed E-state index contributed by atoms with van der Waals surface area (Å²) in [6.07, 6.45) is 0. The van der Waals surface area contributed by atoms with E-state index in [1.165, 1.54) is 17.3 Å². The lowest BCUT2D eigenvalue weighted by Crippen LogP contribution is -2.28. The van der Waals surface area contributed by atoms with Crippen molar-refractivity contribution >= 4 is 17.7 Å². The Balaban J connectivity index is 1.94. The Morgan fingerprint density at radius 1 is 1.21 bits per heavy atom. The Morgan fingerprint density at radius 2 is 1.88 bits per heavy atom. The SMILES string of the molecule is CC(C)CNC(=O)CSc1nnc(-c2ccc(C(C)(C)C)cc2)o1. The van der Waals surface area contributed by atoms with Gasteiger partial charge in [-0.25, -0.2) is 0 Å². The van der Waals surface area contributed by atoms with Crippen LogP contribution in [0.15, 0.2) is 33.9 Å². The van der Waals surface area contributed by atoms with Crippen molar-refractivity contribution in [2.24, 2.45) is 5.92 Å². The number of nitrogens with zero attached hydrogens (tertiary/aromatic N) is 2. The van der Waals surface area contributed by atoms with E-state index < -0.39 is 0 Å². The molecule has 0 aliphatic rings. The van der Waals surface area contributed by atoms with Gasteiger partial charge in [0.25, 0.3) is 5.22 Å². The molecule has 0 saturated carbocycles. The largest absolute Gasteiger partial charge is 0.411 e. The molecule has 0 aliphatic carbocycles. The summed E-state index contributed by atoms with van der Waals surface area (Å²) < 4.78 is 5.63. The second-order valence-electron chi connectivity index (χ2n) is 7.19. The van der Waals surface area contributed by atoms with Crippen LogP contribution in [0.3, 0.4) is 0 Å². The molecule has 2 rings (SSSR count). The van der Waals surface area contributed by atoms with E-state index >= 15 is 0 Å². The minimum absolute atomic E-state index is 0.0250. The summed E-state index contributed by atoms with van der Waals surface area (Å²) >= 11 is 1.25. The first-order chi connectivity index (χ1) is 11.3. The highest BCUT2D eigenvalue weighted by molar-refractivity contribution is 7.99. The average molecular weight is 347 g/mol. The normalized spacial score (nSPS) is 11.8. The zero-order valence-electron chi connectivity index (χ0n) is 14.9. The van der Waals surface area contributed by atoms with Gasteiger partial charge in [-0.3, -0.25) is 4.79 Å². The molecule has 0 atom stereocenters. The number of aromatic nitrogens is 2. The molecule has 1 aromatic heterocycles. The first-order valence-corrected chi connectivity index (χ1v) is 9.08. The summed E-state index contributed by atoms with van der Waals surface area (Å²) in [6.45, 7) is 11.3. The fourth-order valence-corrected chi connectivity index (χ4v) is 2.59. The molecule has 0 radical (unpaired) electrons. The smallest absolute Gasteiger partial charge is 0.277 e. The Labute approximate surface area is 147 Å². The molecule has 2 aromatic rings. The van der Waals surface area contributed by atoms with Crippen molar-refractivity contribution < 1.29 is 9.21 Å². The van der Waals surface area contributed by atoms with Crippen molar-refractivity contribution in [2.45, 2.75) is 45.3 Å². The second-order valence-corrected chi connectivity index (χ2v) is 8.11. The van der Waals surface area contributed by atoms with Crippen LogP contribution in [0.1, 0.15) is 40.2 Å². The van der Waals surface area contributed by atoms with Crippen molar-refractivity contribution in [2.75, 3.05) is 12.3 Å². The van der Waals surface area contributed by atoms with Gasteiger partial charge in [-0.05, 0) is 29.0 Å². The van der Waals surface area contributed by atoms with E-state index in [4.69, 9.17) is 4.42 Å². The molecule has 1 aromatic carbocycles. The molecule has 5 nitrogen and oxygen atoms in total. The quantitative estimate of drug-likeness (QED) is 0.803. The maximum Gasteiger partial charge on any atom is 0.277 e. The molecule has 0 spiro atoms. The highest BCUT2D eigenvalue weighted by Crippen LogP contribution is 2.27. The summed E-state index contributed by atoms with van der Waals surface area (Å²) in [7, 11) is 0. The predicted octanol–water partition coefficient (Wildman–Crippen LogP) is 3.90. The molecule has 1 heterocycles. The summed E-state index contributed by atoms with van der Waals surface area (Å²) in [6, 6.07) is 8.12. The van der Waals surface area contributed by atoms with Gasteiger partial charge in [0, 0.05) is 12.1 Å². The van der Waals surface area contributed by atoms with Gasteiger partial charge >= 0.3 is 0 Å². The fourth-order valence-electron chi connectivity index (χ4n) is 1.99. The predicted molar refractivity (Wildman–Crippen MR) is 97.0 cm³/mol. The van der Waals surface area contributed by atoms with E-state index in [0.717, 1.165) is 5.56 Å². The standard InChI is InChI=1S/C18H25N3O2S/c1-12(2)10-19-15(22)11-24-17-21-20-16(23-17)13-6-8-14(9-7-13)18(3,4)5/h6-9,12H,10-11H2,1-5H3,(H,19,22). The molecular formula is C18H25N3O2S. The molecule has 0 saturated heterocycles. The Bertz CT molecular complexity index is 672. The first kappa shape index (κ1) is 18.5. The number of rotatable bonds is 6. The molecule has 0 fully saturated rings. The van der Waals surface area contributed by atoms with Gasteiger partial charge in [0.15, 0.2) is 0 Å². The highest BCUT2D eigenvalue weighted by atomic mass is 32.2. The maximum atomic E-state index is 11.7. The van der Waals surface area contributed by atoms with Crippen LogP contribution >= 0.6 is 11.8 Å². The van der Waals surface area contributed by atoms with Crippen LogP contribution in [0.25, 0.3) is 11.5 Å². The second kappa shape index (κ2) is 7.83. The first-order valence-electron chi connectivity index (χ1n) is 8.09. The minimum atomic E-state index is -0.0250. The van der Waals surface area contributed by atoms with Gasteiger partial charge < -0.3 is 9.73 Å². The lowest BCUT2D eigenvalue weighted by molar-refractivity contribution is -0.118. The highest BCUT2D eigenvalue weighted by Gasteiger charge is 2.15. The minimum Gasteiger partial charge on any atom is -0.411 e. The van der Waals surface area contributed by atoms with Crippen LogP contribution in [0, 0.1) is 5.92 Å². The number of benzene rings is 1. The topological polar surface area (TPSA) is 68.0 Å². The maximum absolute atomic E-state index is 11.7. The molecule has 6 heteroatoms. The van der Waals surface area contributed by atoms with Gasteiger partial charge in [0.2, 0.25) is 11.8 Å². The van der Waals surface area contributed by atoms with Crippen molar-refractivity contribution in [3.63, 3.8) is 0 Å². The van der Waals surface area contributed by atoms with Crippen LogP contribution in [-0.2, 0) is 10.2 Å². The number of hydrogen-bond acceptors (Lipinski definition) is 5. The number of hydrogen-bond donors (Lipinski definition) is 1. The van der Waals surface area contributed by atoms with Gasteiger partial charge in [-0.1, -0.05) is 58.5 Å². The van der Waals surface area contributed by atoms with Gasteiger partial charge in [-0.15, -0.1) is 10.2 Å². The molecule has 130 valence electrons. The molecule has 1 amide bonds. The third-order valence-electron chi connectivity index (χ3n) is 3.44. The van der Waals surface area contributed by atoms with Crippen LogP contribution in [0.2, 0.25) is 0 Å². The molecular weight excluding hydrogens is 322 g/mol. The Hall–Kier alpha value is -1.82. The van der Waals surface area contributed by atoms with E-state index in [-0.39, 0.29) is 17.1 Å². The van der Waals surface area contributed by atoms with E-state index in [1.807, 2.05) is 12.1 Å². The van der Waals surface area contributed by atoms with Crippen LogP contribution in [-0.4, -0.2) is 28.4 Å². The van der Waals surface area contributed by atoms with Crippen LogP contribution in [0.4, 0.5) is 0 Å². The molecule has 1 N–H and O–H groups in total. The number of amides is 1. The summed E-state index contributed by atoms with van der Waals surface area (Å²) in [5, 5.41) is 11.3. The number of thioether (sulfide) groups is 1. The van der Waals surface area contributed by atoms with Crippen molar-refractivity contribution in [3.05, 3.63) is 29.8 Å². The zero-order valence-corrected chi connectivity index (χ0v) is 15.7. The third-order valence-corrected chi connectivity index (χ3v) is 4.26. The van der Waals surface area contributed by atoms with Crippen molar-refractivity contribution in [1.29, 1.82) is 0 Å². The van der Waals surface area contributed by atoms with Gasteiger partial charge in [-0.2, -0.15) is 0 Å². The molecule has 0 aliphatic heterocycles. The molecule has 24 heavy (non-hydrogen) atoms. The summed E-state index contributed by atoms with van der Waals surface area (Å²) in [5.74, 6) is 1.16. The Morgan fingerprint density at radius 3 is 2.46 bits per heavy atom. The van der Waals surface area contributed by atoms with E-state index in [9.17, 15) is 4.79 Å². The summed E-state index contributed by atoms with van der Waals surface area (Å²) in [4.78, 5) is 11.7. The third kappa shape index (κ3) is 5.37. The number of nitrogens with one attached hydrogen (secondary N) is 1. The van der Waals surface area contributed by atoms with Crippen molar-refractivity contribution in [3.8, 4) is 11.5 Å². The molecule has 0 unspecified atom stereocenters. The molecule has 0 bridgehead atoms. The van der Waals surface area contributed by atoms with Crippen molar-refractivity contribution in [1.82, 2.24) is 15.5 Å². The lowest BCUT2D eigenvalue weighted by Gasteiger charge is -2.18. The van der Waals surface area contributed by atoms with Crippen LogP contribution < -0.4 is 5.32 Å². The lowest BCUT2D eigenvalue weighted by atomic mass is 9.87. The average Bonchev–Trinajstić information content (AvgIpc) is 2.99. The van der Waals surface area contributed by atoms with Gasteiger partial charge in [0.1, 0.15) is 0 Å². The van der Waals surface area contributed by atoms with E-state index in [2.05, 4.69) is 62.3 Å². The van der Waals surface area contributed by atoms with E-state index in [0.29, 0.717) is 23.6 Å². The monoisotopic (exact) mass is 347 g/mol.